The van der Waals surface area contributed by atoms with E-state index in [4.69, 9.17) is 14.0 Å². The van der Waals surface area contributed by atoms with Gasteiger partial charge >= 0.3 is 12.1 Å². The van der Waals surface area contributed by atoms with Crippen LogP contribution in [0.2, 0.25) is 0 Å². The number of hydrogen-bond acceptors (Lipinski definition) is 7. The molecule has 1 aromatic heterocycles. The minimum absolute atomic E-state index is 0.0943. The van der Waals surface area contributed by atoms with Gasteiger partial charge in [-0.15, -0.1) is 0 Å². The zero-order chi connectivity index (χ0) is 29.1. The summed E-state index contributed by atoms with van der Waals surface area (Å²) in [6.07, 6.45) is 6.19. The second-order valence-corrected chi connectivity index (χ2v) is 13.4. The van der Waals surface area contributed by atoms with Crippen molar-refractivity contribution in [2.75, 3.05) is 13.2 Å². The lowest BCUT2D eigenvalue weighted by Gasteiger charge is -2.38. The van der Waals surface area contributed by atoms with Crippen LogP contribution in [-0.2, 0) is 31.9 Å². The fraction of sp³-hybridized carbons (Fsp3) is 0.636. The van der Waals surface area contributed by atoms with Crippen LogP contribution in [0.5, 0.6) is 0 Å². The van der Waals surface area contributed by atoms with Crippen LogP contribution in [-0.4, -0.2) is 47.3 Å². The van der Waals surface area contributed by atoms with Gasteiger partial charge in [-0.2, -0.15) is 0 Å². The van der Waals surface area contributed by atoms with Gasteiger partial charge in [0.25, 0.3) is 0 Å². The lowest BCUT2D eigenvalue weighted by molar-refractivity contribution is -0.143. The predicted octanol–water partition coefficient (Wildman–Crippen LogP) is 6.57. The summed E-state index contributed by atoms with van der Waals surface area (Å²) in [5, 5.41) is 4.52. The maximum Gasteiger partial charge on any atom is 0.416 e. The van der Waals surface area contributed by atoms with Gasteiger partial charge in [-0.25, -0.2) is 9.69 Å². The molecule has 1 aliphatic heterocycles. The number of hydrogen-bond donors (Lipinski definition) is 0. The highest BCUT2D eigenvalue weighted by Gasteiger charge is 2.44. The van der Waals surface area contributed by atoms with Gasteiger partial charge < -0.3 is 14.0 Å². The summed E-state index contributed by atoms with van der Waals surface area (Å²) in [7, 11) is 0. The Hall–Kier alpha value is -3.16. The van der Waals surface area contributed by atoms with Crippen LogP contribution in [0.4, 0.5) is 4.79 Å². The number of aromatic nitrogens is 1. The molecule has 2 aliphatic carbocycles. The molecular weight excluding hydrogens is 520 g/mol. The molecule has 2 amide bonds. The van der Waals surface area contributed by atoms with Crippen LogP contribution >= 0.6 is 0 Å². The van der Waals surface area contributed by atoms with Gasteiger partial charge in [-0.3, -0.25) is 9.59 Å². The zero-order valence-electron chi connectivity index (χ0n) is 24.9. The van der Waals surface area contributed by atoms with E-state index in [1.54, 1.807) is 6.92 Å². The van der Waals surface area contributed by atoms with Crippen LogP contribution in [0.15, 0.2) is 34.9 Å². The normalized spacial score (nSPS) is 23.2. The number of benzene rings is 1. The van der Waals surface area contributed by atoms with E-state index in [1.165, 1.54) is 16.9 Å². The molecular formula is C33H44N2O6. The van der Waals surface area contributed by atoms with E-state index in [2.05, 4.69) is 25.9 Å². The summed E-state index contributed by atoms with van der Waals surface area (Å²) < 4.78 is 16.5. The largest absolute Gasteiger partial charge is 0.466 e. The predicted molar refractivity (Wildman–Crippen MR) is 153 cm³/mol. The van der Waals surface area contributed by atoms with Gasteiger partial charge in [0.2, 0.25) is 5.91 Å². The first-order chi connectivity index (χ1) is 19.6. The van der Waals surface area contributed by atoms with E-state index in [-0.39, 0.29) is 37.9 Å². The SMILES string of the molecule is CCOC(=O)CC[C@@H](Cc1noc(C2CC(CC(C)(C)C)C2)c1C1CC1)C(=O)N1C(=O)OC[C@@H]1Cc1ccccc1. The van der Waals surface area contributed by atoms with E-state index in [0.29, 0.717) is 36.0 Å². The smallest absolute Gasteiger partial charge is 0.416 e. The van der Waals surface area contributed by atoms with Gasteiger partial charge in [0.15, 0.2) is 0 Å². The Morgan fingerprint density at radius 1 is 1.12 bits per heavy atom. The average Bonchev–Trinajstić information content (AvgIpc) is 3.56. The number of rotatable bonds is 12. The van der Waals surface area contributed by atoms with Crippen LogP contribution in [0.3, 0.4) is 0 Å². The van der Waals surface area contributed by atoms with Crippen molar-refractivity contribution in [3.8, 4) is 0 Å². The number of ether oxygens (including phenoxy) is 2. The molecule has 1 saturated heterocycles. The molecule has 0 unspecified atom stereocenters. The molecule has 3 fully saturated rings. The quantitative estimate of drug-likeness (QED) is 0.269. The molecule has 0 bridgehead atoms. The van der Waals surface area contributed by atoms with E-state index < -0.39 is 18.1 Å². The van der Waals surface area contributed by atoms with Gasteiger partial charge in [0, 0.05) is 30.2 Å². The number of imide groups is 1. The number of nitrogens with zero attached hydrogens (tertiary/aromatic N) is 2. The Balaban J connectivity index is 1.35. The summed E-state index contributed by atoms with van der Waals surface area (Å²) >= 11 is 0. The zero-order valence-corrected chi connectivity index (χ0v) is 24.9. The molecule has 8 nitrogen and oxygen atoms in total. The molecule has 5 rings (SSSR count). The van der Waals surface area contributed by atoms with Crippen molar-refractivity contribution in [2.24, 2.45) is 17.3 Å². The summed E-state index contributed by atoms with van der Waals surface area (Å²) in [6.45, 7) is 9.07. The van der Waals surface area contributed by atoms with Crippen molar-refractivity contribution in [2.45, 2.75) is 103 Å². The topological polar surface area (TPSA) is 98.9 Å². The fourth-order valence-corrected chi connectivity index (χ4v) is 6.61. The van der Waals surface area contributed by atoms with Crippen LogP contribution < -0.4 is 0 Å². The summed E-state index contributed by atoms with van der Waals surface area (Å²) in [5.74, 6) is 1.19. The van der Waals surface area contributed by atoms with Gasteiger partial charge in [-0.1, -0.05) is 56.3 Å². The van der Waals surface area contributed by atoms with Crippen molar-refractivity contribution in [1.29, 1.82) is 0 Å². The molecule has 2 aromatic rings. The molecule has 2 atom stereocenters. The standard InChI is InChI=1S/C33H44N2O6/c1-5-39-28(36)14-13-24(31(37)35-26(20-40-32(35)38)17-21-9-7-6-8-10-21)18-27-29(23-11-12-23)30(41-34-27)25-15-22(16-25)19-33(2,3)4/h6-10,22-26H,5,11-20H2,1-4H3/t22?,24-,25?,26-/m0/s1. The lowest BCUT2D eigenvalue weighted by atomic mass is 9.67. The van der Waals surface area contributed by atoms with Crippen molar-refractivity contribution >= 4 is 18.0 Å². The lowest BCUT2D eigenvalue weighted by Crippen LogP contribution is -2.44. The van der Waals surface area contributed by atoms with Crippen molar-refractivity contribution in [1.82, 2.24) is 10.1 Å². The Bertz CT molecular complexity index is 1220. The molecule has 0 spiro atoms. The van der Waals surface area contributed by atoms with Crippen LogP contribution in [0.25, 0.3) is 0 Å². The number of carbonyl (C=O) groups is 3. The van der Waals surface area contributed by atoms with Crippen LogP contribution in [0.1, 0.15) is 107 Å². The first-order valence-electron chi connectivity index (χ1n) is 15.3. The molecule has 41 heavy (non-hydrogen) atoms. The van der Waals surface area contributed by atoms with E-state index in [9.17, 15) is 14.4 Å². The fourth-order valence-electron chi connectivity index (χ4n) is 6.61. The minimum Gasteiger partial charge on any atom is -0.466 e. The first-order valence-corrected chi connectivity index (χ1v) is 15.3. The minimum atomic E-state index is -0.625. The average molecular weight is 565 g/mol. The number of amides is 2. The third kappa shape index (κ3) is 7.19. The monoisotopic (exact) mass is 564 g/mol. The molecule has 0 radical (unpaired) electrons. The maximum atomic E-state index is 14.0. The Labute approximate surface area is 243 Å². The molecule has 3 aliphatic rings. The third-order valence-corrected chi connectivity index (χ3v) is 8.63. The Kier molecular flexibility index (Phi) is 8.85. The van der Waals surface area contributed by atoms with E-state index >= 15 is 0 Å². The molecule has 2 saturated carbocycles. The van der Waals surface area contributed by atoms with Gasteiger partial charge in [-0.05, 0) is 74.7 Å². The third-order valence-electron chi connectivity index (χ3n) is 8.63. The number of cyclic esters (lactones) is 1. The van der Waals surface area contributed by atoms with Gasteiger partial charge in [0.1, 0.15) is 12.4 Å². The second-order valence-electron chi connectivity index (χ2n) is 13.4. The summed E-state index contributed by atoms with van der Waals surface area (Å²) in [4.78, 5) is 40.4. The number of esters is 1. The first kappa shape index (κ1) is 29.3. The highest BCUT2D eigenvalue weighted by atomic mass is 16.6. The summed E-state index contributed by atoms with van der Waals surface area (Å²) in [6, 6.07) is 9.39. The maximum absolute atomic E-state index is 14.0. The molecule has 222 valence electrons. The number of carbonyl (C=O) groups excluding carboxylic acids is 3. The molecule has 0 N–H and O–H groups in total. The molecule has 1 aromatic carbocycles. The summed E-state index contributed by atoms with van der Waals surface area (Å²) in [5.41, 5.74) is 3.31. The van der Waals surface area contributed by atoms with Crippen molar-refractivity contribution < 1.29 is 28.4 Å². The molecule has 2 heterocycles. The van der Waals surface area contributed by atoms with E-state index in [1.807, 2.05) is 30.3 Å². The Morgan fingerprint density at radius 3 is 2.51 bits per heavy atom. The highest BCUT2D eigenvalue weighted by Crippen LogP contribution is 2.52. The van der Waals surface area contributed by atoms with Crippen molar-refractivity contribution in [3.63, 3.8) is 0 Å². The highest BCUT2D eigenvalue weighted by molar-refractivity contribution is 5.95. The molecule has 8 heteroatoms. The van der Waals surface area contributed by atoms with E-state index in [0.717, 1.165) is 42.7 Å². The Morgan fingerprint density at radius 2 is 1.85 bits per heavy atom. The second kappa shape index (κ2) is 12.4. The van der Waals surface area contributed by atoms with Gasteiger partial charge in [0.05, 0.1) is 18.3 Å². The van der Waals surface area contributed by atoms with Crippen LogP contribution in [0, 0.1) is 17.3 Å². The van der Waals surface area contributed by atoms with Crippen molar-refractivity contribution in [3.05, 3.63) is 52.9 Å².